The molecule has 3 atom stereocenters. The number of carboxylic acid groups (broad SMARTS) is 1. The Morgan fingerprint density at radius 2 is 2.00 bits per heavy atom. The average molecular weight is 285 g/mol. The molecule has 0 aliphatic carbocycles. The molecule has 1 N–H and O–H groups in total. The van der Waals surface area contributed by atoms with E-state index in [9.17, 15) is 14.7 Å². The Balaban J connectivity index is 2.03. The van der Waals surface area contributed by atoms with Gasteiger partial charge in [-0.3, -0.25) is 4.79 Å². The molecule has 20 heavy (non-hydrogen) atoms. The molecule has 6 nitrogen and oxygen atoms in total. The fraction of sp³-hybridized carbons (Fsp3) is 0.857. The molecule has 2 aliphatic rings. The van der Waals surface area contributed by atoms with Crippen molar-refractivity contribution in [3.63, 3.8) is 0 Å². The first-order chi connectivity index (χ1) is 9.28. The van der Waals surface area contributed by atoms with Crippen molar-refractivity contribution in [3.8, 4) is 0 Å². The maximum absolute atomic E-state index is 12.1. The van der Waals surface area contributed by atoms with Gasteiger partial charge in [0.1, 0.15) is 5.60 Å². The SMILES string of the molecule is CC(C)(C)OC(=O)N1C[C@H](C(=O)O)[C@@H](C2CCOC2)C1. The smallest absolute Gasteiger partial charge is 0.410 e. The van der Waals surface area contributed by atoms with Crippen molar-refractivity contribution in [2.24, 2.45) is 17.8 Å². The fourth-order valence-corrected chi connectivity index (χ4v) is 2.93. The third-order valence-corrected chi connectivity index (χ3v) is 3.90. The van der Waals surface area contributed by atoms with E-state index in [1.54, 1.807) is 20.8 Å². The van der Waals surface area contributed by atoms with Crippen LogP contribution in [0, 0.1) is 17.8 Å². The van der Waals surface area contributed by atoms with Crippen LogP contribution in [0.1, 0.15) is 27.2 Å². The number of carbonyl (C=O) groups is 2. The van der Waals surface area contributed by atoms with E-state index in [0.717, 1.165) is 6.42 Å². The molecule has 2 aliphatic heterocycles. The number of carbonyl (C=O) groups excluding carboxylic acids is 1. The van der Waals surface area contributed by atoms with Gasteiger partial charge >= 0.3 is 12.1 Å². The van der Waals surface area contributed by atoms with Crippen molar-refractivity contribution >= 4 is 12.1 Å². The third-order valence-electron chi connectivity index (χ3n) is 3.90. The molecule has 0 saturated carbocycles. The molecule has 0 aromatic heterocycles. The first-order valence-electron chi connectivity index (χ1n) is 7.06. The van der Waals surface area contributed by atoms with E-state index in [1.807, 2.05) is 0 Å². The number of hydrogen-bond donors (Lipinski definition) is 1. The minimum atomic E-state index is -0.840. The Morgan fingerprint density at radius 1 is 1.30 bits per heavy atom. The molecular weight excluding hydrogens is 262 g/mol. The lowest BCUT2D eigenvalue weighted by molar-refractivity contribution is -0.143. The van der Waals surface area contributed by atoms with Crippen molar-refractivity contribution < 1.29 is 24.2 Å². The van der Waals surface area contributed by atoms with E-state index in [-0.39, 0.29) is 18.4 Å². The highest BCUT2D eigenvalue weighted by Gasteiger charge is 2.45. The molecule has 1 amide bonds. The number of aliphatic carboxylic acids is 1. The molecule has 1 unspecified atom stereocenters. The number of hydrogen-bond acceptors (Lipinski definition) is 4. The lowest BCUT2D eigenvalue weighted by Gasteiger charge is -2.24. The largest absolute Gasteiger partial charge is 0.481 e. The second-order valence-electron chi connectivity index (χ2n) is 6.62. The summed E-state index contributed by atoms with van der Waals surface area (Å²) < 4.78 is 10.7. The minimum absolute atomic E-state index is 0.0393. The van der Waals surface area contributed by atoms with Crippen LogP contribution in [0.2, 0.25) is 0 Å². The molecule has 2 rings (SSSR count). The average Bonchev–Trinajstić information content (AvgIpc) is 2.95. The predicted molar refractivity (Wildman–Crippen MR) is 71.3 cm³/mol. The van der Waals surface area contributed by atoms with Crippen LogP contribution in [0.4, 0.5) is 4.79 Å². The van der Waals surface area contributed by atoms with Gasteiger partial charge in [0.05, 0.1) is 5.92 Å². The molecule has 0 aromatic carbocycles. The molecule has 2 saturated heterocycles. The highest BCUT2D eigenvalue weighted by molar-refractivity contribution is 5.74. The maximum Gasteiger partial charge on any atom is 0.410 e. The summed E-state index contributed by atoms with van der Waals surface area (Å²) in [5.41, 5.74) is -0.565. The van der Waals surface area contributed by atoms with E-state index in [0.29, 0.717) is 19.8 Å². The van der Waals surface area contributed by atoms with Crippen LogP contribution in [-0.2, 0) is 14.3 Å². The molecular formula is C14H23NO5. The predicted octanol–water partition coefficient (Wildman–Crippen LogP) is 1.59. The minimum Gasteiger partial charge on any atom is -0.481 e. The summed E-state index contributed by atoms with van der Waals surface area (Å²) in [7, 11) is 0. The Hall–Kier alpha value is -1.30. The number of nitrogens with zero attached hydrogens (tertiary/aromatic N) is 1. The molecule has 114 valence electrons. The normalized spacial score (nSPS) is 30.6. The van der Waals surface area contributed by atoms with E-state index in [2.05, 4.69) is 0 Å². The monoisotopic (exact) mass is 285 g/mol. The van der Waals surface area contributed by atoms with Crippen LogP contribution in [0.15, 0.2) is 0 Å². The van der Waals surface area contributed by atoms with E-state index in [1.165, 1.54) is 4.90 Å². The lowest BCUT2D eigenvalue weighted by Crippen LogP contribution is -2.36. The highest BCUT2D eigenvalue weighted by Crippen LogP contribution is 2.35. The van der Waals surface area contributed by atoms with Crippen molar-refractivity contribution in [1.82, 2.24) is 4.90 Å². The fourth-order valence-electron chi connectivity index (χ4n) is 2.93. The zero-order valence-electron chi connectivity index (χ0n) is 12.3. The summed E-state index contributed by atoms with van der Waals surface area (Å²) in [6.07, 6.45) is 0.446. The molecule has 0 aromatic rings. The lowest BCUT2D eigenvalue weighted by atomic mass is 9.83. The topological polar surface area (TPSA) is 76.1 Å². The van der Waals surface area contributed by atoms with Gasteiger partial charge in [-0.05, 0) is 39.0 Å². The Bertz CT molecular complexity index is 384. The quantitative estimate of drug-likeness (QED) is 0.833. The Labute approximate surface area is 119 Å². The summed E-state index contributed by atoms with van der Waals surface area (Å²) >= 11 is 0. The van der Waals surface area contributed by atoms with Crippen LogP contribution in [0.25, 0.3) is 0 Å². The van der Waals surface area contributed by atoms with Gasteiger partial charge in [-0.25, -0.2) is 4.79 Å². The number of rotatable bonds is 2. The second kappa shape index (κ2) is 5.60. The summed E-state index contributed by atoms with van der Waals surface area (Å²) in [6, 6.07) is 0. The van der Waals surface area contributed by atoms with Gasteiger partial charge in [-0.15, -0.1) is 0 Å². The Morgan fingerprint density at radius 3 is 2.50 bits per heavy atom. The van der Waals surface area contributed by atoms with Gasteiger partial charge in [0.15, 0.2) is 0 Å². The summed E-state index contributed by atoms with van der Waals surface area (Å²) in [4.78, 5) is 25.0. The van der Waals surface area contributed by atoms with E-state index in [4.69, 9.17) is 9.47 Å². The van der Waals surface area contributed by atoms with Crippen LogP contribution in [0.5, 0.6) is 0 Å². The number of carboxylic acids is 1. The zero-order valence-corrected chi connectivity index (χ0v) is 12.3. The van der Waals surface area contributed by atoms with E-state index >= 15 is 0 Å². The van der Waals surface area contributed by atoms with Gasteiger partial charge in [-0.1, -0.05) is 0 Å². The zero-order chi connectivity index (χ0) is 14.9. The first-order valence-corrected chi connectivity index (χ1v) is 7.06. The first kappa shape index (κ1) is 15.1. The van der Waals surface area contributed by atoms with Crippen LogP contribution in [0.3, 0.4) is 0 Å². The number of amides is 1. The highest BCUT2D eigenvalue weighted by atomic mass is 16.6. The van der Waals surface area contributed by atoms with Crippen molar-refractivity contribution in [2.45, 2.75) is 32.8 Å². The number of ether oxygens (including phenoxy) is 2. The van der Waals surface area contributed by atoms with Gasteiger partial charge in [-0.2, -0.15) is 0 Å². The molecule has 0 spiro atoms. The van der Waals surface area contributed by atoms with Crippen LogP contribution >= 0.6 is 0 Å². The van der Waals surface area contributed by atoms with Crippen molar-refractivity contribution in [2.75, 3.05) is 26.3 Å². The van der Waals surface area contributed by atoms with Crippen molar-refractivity contribution in [3.05, 3.63) is 0 Å². The van der Waals surface area contributed by atoms with Crippen LogP contribution in [-0.4, -0.2) is 54.0 Å². The van der Waals surface area contributed by atoms with Gasteiger partial charge in [0, 0.05) is 26.3 Å². The van der Waals surface area contributed by atoms with Gasteiger partial charge < -0.3 is 19.5 Å². The molecule has 6 heteroatoms. The standard InChI is InChI=1S/C14H23NO5/c1-14(2,3)20-13(18)15-6-10(9-4-5-19-8-9)11(7-15)12(16)17/h9-11H,4-8H2,1-3H3,(H,16,17)/t9?,10-,11+/m1/s1. The van der Waals surface area contributed by atoms with Gasteiger partial charge in [0.25, 0.3) is 0 Å². The Kier molecular flexibility index (Phi) is 4.22. The summed E-state index contributed by atoms with van der Waals surface area (Å²) in [5, 5.41) is 9.36. The van der Waals surface area contributed by atoms with E-state index < -0.39 is 23.6 Å². The molecule has 2 fully saturated rings. The maximum atomic E-state index is 12.1. The summed E-state index contributed by atoms with van der Waals surface area (Å²) in [6.45, 7) is 7.36. The summed E-state index contributed by atoms with van der Waals surface area (Å²) in [5.74, 6) is -1.17. The molecule has 2 heterocycles. The van der Waals surface area contributed by atoms with Crippen molar-refractivity contribution in [1.29, 1.82) is 0 Å². The van der Waals surface area contributed by atoms with Crippen LogP contribution < -0.4 is 0 Å². The second-order valence-corrected chi connectivity index (χ2v) is 6.62. The molecule has 0 bridgehead atoms. The third kappa shape index (κ3) is 3.42. The number of likely N-dealkylation sites (tertiary alicyclic amines) is 1. The van der Waals surface area contributed by atoms with Gasteiger partial charge in [0.2, 0.25) is 0 Å². The molecule has 0 radical (unpaired) electrons.